The number of nitrogens with zero attached hydrogens (tertiary/aromatic N) is 1. The predicted octanol–water partition coefficient (Wildman–Crippen LogP) is -0.937. The molecule has 0 aliphatic carbocycles. The van der Waals surface area contributed by atoms with Gasteiger partial charge in [-0.1, -0.05) is 12.2 Å². The Bertz CT molecular complexity index is 349. The molecule has 0 aromatic rings. The standard InChI is InChI=1S/C10H14N2O4/c11-8-3-1-2-7(4-5-13)12(10(8)16)6-9(14)15/h1-3,8,13H,4-6,11H2,(H,14,15). The van der Waals surface area contributed by atoms with Crippen molar-refractivity contribution in [1.82, 2.24) is 4.90 Å². The lowest BCUT2D eigenvalue weighted by Gasteiger charge is -2.23. The Balaban J connectivity index is 2.93. The Morgan fingerprint density at radius 1 is 1.56 bits per heavy atom. The number of hydrogen-bond acceptors (Lipinski definition) is 4. The molecule has 0 spiro atoms. The van der Waals surface area contributed by atoms with E-state index in [0.29, 0.717) is 5.70 Å². The van der Waals surface area contributed by atoms with Crippen LogP contribution in [0.15, 0.2) is 23.9 Å². The van der Waals surface area contributed by atoms with Crippen LogP contribution in [0.4, 0.5) is 0 Å². The van der Waals surface area contributed by atoms with Gasteiger partial charge in [0.25, 0.3) is 0 Å². The van der Waals surface area contributed by atoms with Crippen molar-refractivity contribution in [2.45, 2.75) is 12.5 Å². The van der Waals surface area contributed by atoms with Gasteiger partial charge >= 0.3 is 5.97 Å². The van der Waals surface area contributed by atoms with Crippen molar-refractivity contribution >= 4 is 11.9 Å². The number of carboxylic acids is 1. The molecule has 0 bridgehead atoms. The van der Waals surface area contributed by atoms with Gasteiger partial charge in [-0.25, -0.2) is 0 Å². The van der Waals surface area contributed by atoms with Crippen molar-refractivity contribution in [3.05, 3.63) is 23.9 Å². The highest BCUT2D eigenvalue weighted by molar-refractivity contribution is 5.88. The molecule has 1 amide bonds. The molecule has 6 nitrogen and oxygen atoms in total. The van der Waals surface area contributed by atoms with Gasteiger partial charge in [0.15, 0.2) is 0 Å². The molecule has 4 N–H and O–H groups in total. The largest absolute Gasteiger partial charge is 0.480 e. The molecule has 0 aromatic carbocycles. The molecule has 88 valence electrons. The van der Waals surface area contributed by atoms with Gasteiger partial charge in [0.05, 0.1) is 0 Å². The smallest absolute Gasteiger partial charge is 0.323 e. The van der Waals surface area contributed by atoms with E-state index >= 15 is 0 Å². The zero-order chi connectivity index (χ0) is 12.1. The van der Waals surface area contributed by atoms with Gasteiger partial charge in [-0.05, 0) is 6.08 Å². The van der Waals surface area contributed by atoms with Crippen LogP contribution in [0, 0.1) is 0 Å². The Morgan fingerprint density at radius 3 is 2.81 bits per heavy atom. The molecule has 0 fully saturated rings. The predicted molar refractivity (Wildman–Crippen MR) is 56.3 cm³/mol. The van der Waals surface area contributed by atoms with Crippen molar-refractivity contribution < 1.29 is 19.8 Å². The summed E-state index contributed by atoms with van der Waals surface area (Å²) in [7, 11) is 0. The number of carbonyl (C=O) groups excluding carboxylic acids is 1. The highest BCUT2D eigenvalue weighted by Crippen LogP contribution is 2.14. The SMILES string of the molecule is NC1C=CC=C(CCO)N(CC(=O)O)C1=O. The van der Waals surface area contributed by atoms with Crippen LogP contribution in [0.25, 0.3) is 0 Å². The van der Waals surface area contributed by atoms with E-state index in [4.69, 9.17) is 15.9 Å². The minimum absolute atomic E-state index is 0.154. The van der Waals surface area contributed by atoms with Gasteiger partial charge in [-0.3, -0.25) is 9.59 Å². The topological polar surface area (TPSA) is 104 Å². The number of nitrogens with two attached hydrogens (primary N) is 1. The number of rotatable bonds is 4. The monoisotopic (exact) mass is 226 g/mol. The Kier molecular flexibility index (Phi) is 4.21. The molecular weight excluding hydrogens is 212 g/mol. The zero-order valence-electron chi connectivity index (χ0n) is 8.67. The second kappa shape index (κ2) is 5.43. The van der Waals surface area contributed by atoms with Gasteiger partial charge in [-0.2, -0.15) is 0 Å². The Labute approximate surface area is 92.6 Å². The van der Waals surface area contributed by atoms with E-state index in [9.17, 15) is 9.59 Å². The molecule has 6 heteroatoms. The fourth-order valence-electron chi connectivity index (χ4n) is 1.43. The normalized spacial score (nSPS) is 20.6. The molecule has 0 radical (unpaired) electrons. The number of aliphatic hydroxyl groups is 1. The number of allylic oxidation sites excluding steroid dienone is 2. The summed E-state index contributed by atoms with van der Waals surface area (Å²) in [5, 5.41) is 17.5. The lowest BCUT2D eigenvalue weighted by Crippen LogP contribution is -2.43. The van der Waals surface area contributed by atoms with E-state index in [1.54, 1.807) is 12.2 Å². The first kappa shape index (κ1) is 12.4. The molecule has 1 atom stereocenters. The van der Waals surface area contributed by atoms with Crippen molar-refractivity contribution in [1.29, 1.82) is 0 Å². The number of aliphatic hydroxyl groups excluding tert-OH is 1. The Hall–Kier alpha value is -1.66. The van der Waals surface area contributed by atoms with Crippen molar-refractivity contribution in [2.75, 3.05) is 13.2 Å². The minimum Gasteiger partial charge on any atom is -0.480 e. The molecule has 0 saturated carbocycles. The van der Waals surface area contributed by atoms with Gasteiger partial charge in [0, 0.05) is 18.7 Å². The number of carboxylic acid groups (broad SMARTS) is 1. The first-order valence-electron chi connectivity index (χ1n) is 4.83. The second-order valence-corrected chi connectivity index (χ2v) is 3.36. The van der Waals surface area contributed by atoms with E-state index in [1.807, 2.05) is 0 Å². The van der Waals surface area contributed by atoms with Gasteiger partial charge in [0.1, 0.15) is 12.6 Å². The van der Waals surface area contributed by atoms with Crippen LogP contribution in [0.3, 0.4) is 0 Å². The molecule has 0 saturated heterocycles. The van der Waals surface area contributed by atoms with E-state index in [0.717, 1.165) is 4.90 Å². The zero-order valence-corrected chi connectivity index (χ0v) is 8.67. The number of carbonyl (C=O) groups is 2. The molecule has 1 rings (SSSR count). The van der Waals surface area contributed by atoms with Crippen molar-refractivity contribution in [3.8, 4) is 0 Å². The molecule has 1 unspecified atom stereocenters. The van der Waals surface area contributed by atoms with Crippen LogP contribution in [-0.4, -0.2) is 46.2 Å². The van der Waals surface area contributed by atoms with E-state index < -0.39 is 24.5 Å². The first-order valence-corrected chi connectivity index (χ1v) is 4.83. The molecular formula is C10H14N2O4. The fraction of sp³-hybridized carbons (Fsp3) is 0.400. The van der Waals surface area contributed by atoms with Gasteiger partial charge < -0.3 is 20.8 Å². The number of amides is 1. The molecule has 1 aliphatic rings. The summed E-state index contributed by atoms with van der Waals surface area (Å²) in [6, 6.07) is -0.841. The third-order valence-electron chi connectivity index (χ3n) is 2.17. The first-order chi connectivity index (χ1) is 7.56. The van der Waals surface area contributed by atoms with E-state index in [1.165, 1.54) is 6.08 Å². The Morgan fingerprint density at radius 2 is 2.25 bits per heavy atom. The van der Waals surface area contributed by atoms with Gasteiger partial charge in [0.2, 0.25) is 5.91 Å². The third kappa shape index (κ3) is 2.91. The van der Waals surface area contributed by atoms with Crippen LogP contribution in [-0.2, 0) is 9.59 Å². The average Bonchev–Trinajstić information content (AvgIpc) is 2.33. The minimum atomic E-state index is -1.12. The van der Waals surface area contributed by atoms with Crippen LogP contribution >= 0.6 is 0 Å². The number of hydrogen-bond donors (Lipinski definition) is 3. The van der Waals surface area contributed by atoms with E-state index in [2.05, 4.69) is 0 Å². The van der Waals surface area contributed by atoms with Crippen molar-refractivity contribution in [2.24, 2.45) is 5.73 Å². The number of aliphatic carboxylic acids is 1. The summed E-state index contributed by atoms with van der Waals surface area (Å²) in [6.45, 7) is -0.599. The maximum Gasteiger partial charge on any atom is 0.323 e. The van der Waals surface area contributed by atoms with Crippen LogP contribution in [0.2, 0.25) is 0 Å². The van der Waals surface area contributed by atoms with Crippen LogP contribution < -0.4 is 5.73 Å². The van der Waals surface area contributed by atoms with Crippen LogP contribution in [0.1, 0.15) is 6.42 Å². The van der Waals surface area contributed by atoms with Crippen LogP contribution in [0.5, 0.6) is 0 Å². The summed E-state index contributed by atoms with van der Waals surface area (Å²) in [6.07, 6.45) is 4.89. The summed E-state index contributed by atoms with van der Waals surface area (Å²) in [5.74, 6) is -1.60. The summed E-state index contributed by atoms with van der Waals surface area (Å²) >= 11 is 0. The third-order valence-corrected chi connectivity index (χ3v) is 2.17. The molecule has 16 heavy (non-hydrogen) atoms. The maximum absolute atomic E-state index is 11.7. The fourth-order valence-corrected chi connectivity index (χ4v) is 1.43. The summed E-state index contributed by atoms with van der Waals surface area (Å²) in [4.78, 5) is 23.5. The summed E-state index contributed by atoms with van der Waals surface area (Å²) in [5.41, 5.74) is 5.99. The van der Waals surface area contributed by atoms with Gasteiger partial charge in [-0.15, -0.1) is 0 Å². The lowest BCUT2D eigenvalue weighted by molar-refractivity contribution is -0.143. The average molecular weight is 226 g/mol. The highest BCUT2D eigenvalue weighted by Gasteiger charge is 2.25. The summed E-state index contributed by atoms with van der Waals surface area (Å²) < 4.78 is 0. The molecule has 1 aliphatic heterocycles. The highest BCUT2D eigenvalue weighted by atomic mass is 16.4. The maximum atomic E-state index is 11.7. The molecule has 0 aromatic heterocycles. The van der Waals surface area contributed by atoms with Crippen molar-refractivity contribution in [3.63, 3.8) is 0 Å². The molecule has 1 heterocycles. The second-order valence-electron chi connectivity index (χ2n) is 3.36. The lowest BCUT2D eigenvalue weighted by atomic mass is 10.2. The van der Waals surface area contributed by atoms with E-state index in [-0.39, 0.29) is 13.0 Å². The quantitative estimate of drug-likeness (QED) is 0.574.